The Balaban J connectivity index is 2.27. The van der Waals surface area contributed by atoms with E-state index in [1.807, 2.05) is 0 Å². The van der Waals surface area contributed by atoms with Crippen molar-refractivity contribution in [1.29, 1.82) is 0 Å². The van der Waals surface area contributed by atoms with Gasteiger partial charge in [0.1, 0.15) is 0 Å². The number of hydrogen-bond donors (Lipinski definition) is 1. The van der Waals surface area contributed by atoms with Crippen molar-refractivity contribution < 1.29 is 5.11 Å². The van der Waals surface area contributed by atoms with Crippen LogP contribution in [-0.4, -0.2) is 29.7 Å². The van der Waals surface area contributed by atoms with E-state index < -0.39 is 0 Å². The lowest BCUT2D eigenvalue weighted by molar-refractivity contribution is 0.131. The van der Waals surface area contributed by atoms with Crippen molar-refractivity contribution in [2.24, 2.45) is 0 Å². The van der Waals surface area contributed by atoms with Gasteiger partial charge in [-0.1, -0.05) is 24.3 Å². The number of rotatable bonds is 1. The molecule has 1 aliphatic rings. The number of nitrogens with zero attached hydrogens (tertiary/aromatic N) is 1. The Morgan fingerprint density at radius 2 is 2.08 bits per heavy atom. The van der Waals surface area contributed by atoms with Crippen LogP contribution in [0.1, 0.15) is 11.1 Å². The summed E-state index contributed by atoms with van der Waals surface area (Å²) in [4.78, 5) is 2.21. The molecule has 1 N–H and O–H groups in total. The van der Waals surface area contributed by atoms with Gasteiger partial charge in [0.05, 0.1) is 6.61 Å². The van der Waals surface area contributed by atoms with E-state index in [1.165, 1.54) is 11.1 Å². The third-order valence-electron chi connectivity index (χ3n) is 2.83. The molecule has 0 aliphatic carbocycles. The fraction of sp³-hybridized carbons (Fsp3) is 0.455. The van der Waals surface area contributed by atoms with Gasteiger partial charge in [0.15, 0.2) is 0 Å². The second-order valence-electron chi connectivity index (χ2n) is 3.72. The van der Waals surface area contributed by atoms with E-state index in [4.69, 9.17) is 5.11 Å². The fourth-order valence-electron chi connectivity index (χ4n) is 1.92. The topological polar surface area (TPSA) is 23.5 Å². The molecule has 2 heteroatoms. The molecule has 0 aromatic heterocycles. The summed E-state index contributed by atoms with van der Waals surface area (Å²) in [7, 11) is 2.07. The Labute approximate surface area is 78.8 Å². The molecule has 0 amide bonds. The highest BCUT2D eigenvalue weighted by Crippen LogP contribution is 2.21. The van der Waals surface area contributed by atoms with Gasteiger partial charge in [0.2, 0.25) is 0 Å². The molecule has 0 saturated carbocycles. The van der Waals surface area contributed by atoms with Crippen molar-refractivity contribution in [3.8, 4) is 0 Å². The van der Waals surface area contributed by atoms with Gasteiger partial charge in [-0.3, -0.25) is 4.90 Å². The van der Waals surface area contributed by atoms with Crippen LogP contribution in [0.15, 0.2) is 24.3 Å². The van der Waals surface area contributed by atoms with Crippen molar-refractivity contribution in [3.63, 3.8) is 0 Å². The summed E-state index contributed by atoms with van der Waals surface area (Å²) >= 11 is 0. The van der Waals surface area contributed by atoms with Crippen molar-refractivity contribution in [2.45, 2.75) is 19.0 Å². The first-order valence-corrected chi connectivity index (χ1v) is 4.69. The van der Waals surface area contributed by atoms with Crippen LogP contribution in [0.3, 0.4) is 0 Å². The van der Waals surface area contributed by atoms with E-state index in [1.54, 1.807) is 0 Å². The maximum atomic E-state index is 9.15. The van der Waals surface area contributed by atoms with E-state index in [0.717, 1.165) is 13.0 Å². The van der Waals surface area contributed by atoms with Gasteiger partial charge in [-0.15, -0.1) is 0 Å². The quantitative estimate of drug-likeness (QED) is 0.692. The van der Waals surface area contributed by atoms with Crippen molar-refractivity contribution in [3.05, 3.63) is 35.4 Å². The first kappa shape index (κ1) is 8.73. The van der Waals surface area contributed by atoms with Gasteiger partial charge in [0.25, 0.3) is 0 Å². The Bertz CT molecular complexity index is 298. The third-order valence-corrected chi connectivity index (χ3v) is 2.83. The van der Waals surface area contributed by atoms with E-state index >= 15 is 0 Å². The van der Waals surface area contributed by atoms with Crippen LogP contribution in [-0.2, 0) is 13.0 Å². The SMILES string of the molecule is CN1Cc2ccccc2C[C@@H]1CO. The zero-order valence-corrected chi connectivity index (χ0v) is 7.90. The molecular weight excluding hydrogens is 162 g/mol. The van der Waals surface area contributed by atoms with Gasteiger partial charge >= 0.3 is 0 Å². The molecule has 0 unspecified atom stereocenters. The van der Waals surface area contributed by atoms with Crippen LogP contribution < -0.4 is 0 Å². The summed E-state index contributed by atoms with van der Waals surface area (Å²) in [5, 5.41) is 9.15. The van der Waals surface area contributed by atoms with Gasteiger partial charge < -0.3 is 5.11 Å². The molecule has 2 nitrogen and oxygen atoms in total. The Hall–Kier alpha value is -0.860. The lowest BCUT2D eigenvalue weighted by Gasteiger charge is -2.32. The molecule has 0 bridgehead atoms. The van der Waals surface area contributed by atoms with E-state index in [-0.39, 0.29) is 6.61 Å². The standard InChI is InChI=1S/C11H15NO/c1-12-7-10-5-3-2-4-9(10)6-11(12)8-13/h2-5,11,13H,6-8H2,1H3/t11-/m1/s1. The van der Waals surface area contributed by atoms with Gasteiger partial charge in [-0.05, 0) is 24.6 Å². The molecule has 0 fully saturated rings. The van der Waals surface area contributed by atoms with Crippen molar-refractivity contribution >= 4 is 0 Å². The smallest absolute Gasteiger partial charge is 0.0590 e. The molecule has 1 atom stereocenters. The predicted octanol–water partition coefficient (Wildman–Crippen LogP) is 1.04. The summed E-state index contributed by atoms with van der Waals surface area (Å²) in [5.74, 6) is 0. The van der Waals surface area contributed by atoms with Crippen LogP contribution in [0.5, 0.6) is 0 Å². The minimum atomic E-state index is 0.255. The van der Waals surface area contributed by atoms with Crippen molar-refractivity contribution in [1.82, 2.24) is 4.90 Å². The average Bonchev–Trinajstić information content (AvgIpc) is 2.17. The molecule has 0 spiro atoms. The third kappa shape index (κ3) is 1.60. The van der Waals surface area contributed by atoms with Gasteiger partial charge in [-0.25, -0.2) is 0 Å². The van der Waals surface area contributed by atoms with E-state index in [0.29, 0.717) is 6.04 Å². The second kappa shape index (κ2) is 3.48. The lowest BCUT2D eigenvalue weighted by atomic mass is 9.95. The van der Waals surface area contributed by atoms with Crippen LogP contribution in [0.2, 0.25) is 0 Å². The molecule has 1 aromatic rings. The predicted molar refractivity (Wildman–Crippen MR) is 52.5 cm³/mol. The van der Waals surface area contributed by atoms with E-state index in [9.17, 15) is 0 Å². The Morgan fingerprint density at radius 3 is 2.77 bits per heavy atom. The maximum Gasteiger partial charge on any atom is 0.0590 e. The second-order valence-corrected chi connectivity index (χ2v) is 3.72. The zero-order chi connectivity index (χ0) is 9.26. The summed E-state index contributed by atoms with van der Waals surface area (Å²) in [5.41, 5.74) is 2.79. The number of hydrogen-bond acceptors (Lipinski definition) is 2. The maximum absolute atomic E-state index is 9.15. The molecule has 1 aliphatic heterocycles. The fourth-order valence-corrected chi connectivity index (χ4v) is 1.92. The van der Waals surface area contributed by atoms with Crippen LogP contribution >= 0.6 is 0 Å². The minimum absolute atomic E-state index is 0.255. The summed E-state index contributed by atoms with van der Waals surface area (Å²) in [6, 6.07) is 8.77. The molecule has 0 radical (unpaired) electrons. The average molecular weight is 177 g/mol. The Kier molecular flexibility index (Phi) is 2.34. The number of aliphatic hydroxyl groups excluding tert-OH is 1. The zero-order valence-electron chi connectivity index (χ0n) is 7.90. The highest BCUT2D eigenvalue weighted by molar-refractivity contribution is 5.29. The summed E-state index contributed by atoms with van der Waals surface area (Å²) in [6.07, 6.45) is 0.975. The molecule has 0 saturated heterocycles. The molecule has 13 heavy (non-hydrogen) atoms. The number of fused-ring (bicyclic) bond motifs is 1. The number of likely N-dealkylation sites (N-methyl/N-ethyl adjacent to an activating group) is 1. The van der Waals surface area contributed by atoms with Crippen LogP contribution in [0.4, 0.5) is 0 Å². The van der Waals surface area contributed by atoms with Gasteiger partial charge in [0, 0.05) is 12.6 Å². The largest absolute Gasteiger partial charge is 0.395 e. The molecule has 1 heterocycles. The molecule has 70 valence electrons. The molecular formula is C11H15NO. The van der Waals surface area contributed by atoms with E-state index in [2.05, 4.69) is 36.2 Å². The highest BCUT2D eigenvalue weighted by Gasteiger charge is 2.21. The highest BCUT2D eigenvalue weighted by atomic mass is 16.3. The van der Waals surface area contributed by atoms with Crippen molar-refractivity contribution in [2.75, 3.05) is 13.7 Å². The summed E-state index contributed by atoms with van der Waals surface area (Å²) in [6.45, 7) is 1.21. The first-order chi connectivity index (χ1) is 6.31. The molecule has 2 rings (SSSR count). The van der Waals surface area contributed by atoms with Gasteiger partial charge in [-0.2, -0.15) is 0 Å². The number of benzene rings is 1. The first-order valence-electron chi connectivity index (χ1n) is 4.69. The lowest BCUT2D eigenvalue weighted by Crippen LogP contribution is -2.39. The molecule has 1 aromatic carbocycles. The summed E-state index contributed by atoms with van der Waals surface area (Å²) < 4.78 is 0. The Morgan fingerprint density at radius 1 is 1.38 bits per heavy atom. The number of aliphatic hydroxyl groups is 1. The minimum Gasteiger partial charge on any atom is -0.395 e. The van der Waals surface area contributed by atoms with Crippen LogP contribution in [0.25, 0.3) is 0 Å². The monoisotopic (exact) mass is 177 g/mol. The normalized spacial score (nSPS) is 22.8. The van der Waals surface area contributed by atoms with Crippen LogP contribution in [0, 0.1) is 0 Å².